The molecular formula is C4H9N3O5S. The van der Waals surface area contributed by atoms with Crippen LogP contribution in [0.1, 0.15) is 6.42 Å². The monoisotopic (exact) mass is 211 g/mol. The summed E-state index contributed by atoms with van der Waals surface area (Å²) in [5, 5.41) is 6.49. The van der Waals surface area contributed by atoms with E-state index in [1.807, 2.05) is 0 Å². The lowest BCUT2D eigenvalue weighted by Gasteiger charge is -2.01. The van der Waals surface area contributed by atoms with Gasteiger partial charge in [0.15, 0.2) is 0 Å². The Balaban J connectivity index is 3.91. The van der Waals surface area contributed by atoms with E-state index < -0.39 is 21.2 Å². The maximum absolute atomic E-state index is 10.6. The predicted molar refractivity (Wildman–Crippen MR) is 41.1 cm³/mol. The first-order chi connectivity index (χ1) is 5.90. The molecule has 76 valence electrons. The highest BCUT2D eigenvalue weighted by atomic mass is 32.2. The molecule has 0 aliphatic carbocycles. The fraction of sp³-hybridized carbons (Fsp3) is 0.500. The van der Waals surface area contributed by atoms with E-state index in [-0.39, 0.29) is 13.0 Å². The highest BCUT2D eigenvalue weighted by Crippen LogP contribution is 1.84. The Morgan fingerprint density at radius 2 is 1.92 bits per heavy atom. The zero-order valence-corrected chi connectivity index (χ0v) is 7.30. The topological polar surface area (TPSA) is 139 Å². The van der Waals surface area contributed by atoms with Crippen LogP contribution in [0, 0.1) is 0 Å². The van der Waals surface area contributed by atoms with Crippen molar-refractivity contribution in [2.75, 3.05) is 6.54 Å². The molecule has 0 saturated heterocycles. The summed E-state index contributed by atoms with van der Waals surface area (Å²) in [5.41, 5.74) is 5.77. The summed E-state index contributed by atoms with van der Waals surface area (Å²) in [7, 11) is -4.17. The molecule has 13 heavy (non-hydrogen) atoms. The van der Waals surface area contributed by atoms with Crippen LogP contribution in [0.5, 0.6) is 0 Å². The van der Waals surface area contributed by atoms with Crippen molar-refractivity contribution in [1.82, 2.24) is 10.2 Å². The quantitative estimate of drug-likeness (QED) is 0.311. The Morgan fingerprint density at radius 3 is 2.31 bits per heavy atom. The molecule has 0 heterocycles. The first kappa shape index (κ1) is 11.8. The second kappa shape index (κ2) is 4.74. The van der Waals surface area contributed by atoms with Crippen molar-refractivity contribution in [3.63, 3.8) is 0 Å². The van der Waals surface area contributed by atoms with Crippen molar-refractivity contribution in [3.8, 4) is 0 Å². The Bertz CT molecular complexity index is 297. The number of carbonyl (C=O) groups excluding carboxylic acids is 2. The molecule has 0 aromatic carbocycles. The van der Waals surface area contributed by atoms with Gasteiger partial charge in [0.1, 0.15) is 0 Å². The molecule has 0 saturated carbocycles. The standard InChI is InChI=1S/C4H9N3O5S/c5-4(9)13(11,12)6-2-1-3(8)7-10/h6,10H,1-2H2,(H2,5,9)(H,7,8). The van der Waals surface area contributed by atoms with Crippen molar-refractivity contribution < 1.29 is 23.2 Å². The third-order valence-corrected chi connectivity index (χ3v) is 2.15. The summed E-state index contributed by atoms with van der Waals surface area (Å²) in [6, 6.07) is 0. The minimum atomic E-state index is -4.17. The van der Waals surface area contributed by atoms with E-state index in [0.717, 1.165) is 0 Å². The molecule has 0 aliphatic heterocycles. The lowest BCUT2D eigenvalue weighted by Crippen LogP contribution is -2.36. The number of hydrogen-bond donors (Lipinski definition) is 4. The number of hydroxylamine groups is 1. The van der Waals surface area contributed by atoms with Crippen LogP contribution in [0.25, 0.3) is 0 Å². The molecule has 0 atom stereocenters. The van der Waals surface area contributed by atoms with Gasteiger partial charge in [-0.1, -0.05) is 0 Å². The largest absolute Gasteiger partial charge is 0.355 e. The number of nitrogens with two attached hydrogens (primary N) is 1. The number of carbonyl (C=O) groups is 2. The number of primary amides is 1. The number of nitrogens with one attached hydrogen (secondary N) is 2. The molecule has 5 N–H and O–H groups in total. The molecule has 0 aromatic rings. The Hall–Kier alpha value is -1.19. The SMILES string of the molecule is NC(=O)S(=O)(=O)NCCC(=O)NO. The highest BCUT2D eigenvalue weighted by Gasteiger charge is 2.17. The van der Waals surface area contributed by atoms with Crippen LogP contribution in [-0.2, 0) is 14.8 Å². The van der Waals surface area contributed by atoms with E-state index in [4.69, 9.17) is 5.21 Å². The average molecular weight is 211 g/mol. The maximum Gasteiger partial charge on any atom is 0.349 e. The third kappa shape index (κ3) is 4.40. The maximum atomic E-state index is 10.6. The van der Waals surface area contributed by atoms with Crippen molar-refractivity contribution in [2.45, 2.75) is 6.42 Å². The lowest BCUT2D eigenvalue weighted by molar-refractivity contribution is -0.129. The molecule has 8 nitrogen and oxygen atoms in total. The first-order valence-corrected chi connectivity index (χ1v) is 4.60. The van der Waals surface area contributed by atoms with Gasteiger partial charge < -0.3 is 5.73 Å². The second-order valence-electron chi connectivity index (χ2n) is 2.00. The summed E-state index contributed by atoms with van der Waals surface area (Å²) < 4.78 is 23.0. The summed E-state index contributed by atoms with van der Waals surface area (Å²) in [5.74, 6) is -0.771. The Labute approximate surface area is 74.1 Å². The average Bonchev–Trinajstić information content (AvgIpc) is 2.03. The van der Waals surface area contributed by atoms with Crippen LogP contribution in [0.2, 0.25) is 0 Å². The Morgan fingerprint density at radius 1 is 1.38 bits per heavy atom. The third-order valence-electron chi connectivity index (χ3n) is 1.03. The van der Waals surface area contributed by atoms with E-state index in [0.29, 0.717) is 0 Å². The second-order valence-corrected chi connectivity index (χ2v) is 3.70. The highest BCUT2D eigenvalue weighted by molar-refractivity contribution is 8.04. The molecule has 2 amide bonds. The van der Waals surface area contributed by atoms with Gasteiger partial charge >= 0.3 is 5.24 Å². The molecule has 0 aromatic heterocycles. The van der Waals surface area contributed by atoms with Crippen LogP contribution >= 0.6 is 0 Å². The van der Waals surface area contributed by atoms with Crippen LogP contribution < -0.4 is 15.9 Å². The van der Waals surface area contributed by atoms with Gasteiger partial charge in [0, 0.05) is 13.0 Å². The molecular weight excluding hydrogens is 202 g/mol. The smallest absolute Gasteiger partial charge is 0.349 e. The number of rotatable bonds is 4. The van der Waals surface area contributed by atoms with Gasteiger partial charge in [0.05, 0.1) is 0 Å². The summed E-state index contributed by atoms with van der Waals surface area (Å²) >= 11 is 0. The van der Waals surface area contributed by atoms with Crippen LogP contribution in [0.15, 0.2) is 0 Å². The normalized spacial score (nSPS) is 10.8. The number of sulfonamides is 1. The van der Waals surface area contributed by atoms with Gasteiger partial charge in [-0.05, 0) is 0 Å². The van der Waals surface area contributed by atoms with Gasteiger partial charge in [-0.3, -0.25) is 14.8 Å². The molecule has 9 heteroatoms. The van der Waals surface area contributed by atoms with Crippen LogP contribution in [0.4, 0.5) is 4.79 Å². The van der Waals surface area contributed by atoms with Crippen LogP contribution in [-0.4, -0.2) is 31.3 Å². The number of amides is 2. The van der Waals surface area contributed by atoms with E-state index in [1.54, 1.807) is 4.72 Å². The van der Waals surface area contributed by atoms with Crippen LogP contribution in [0.3, 0.4) is 0 Å². The van der Waals surface area contributed by atoms with Crippen molar-refractivity contribution in [3.05, 3.63) is 0 Å². The summed E-state index contributed by atoms with van der Waals surface area (Å²) in [4.78, 5) is 20.5. The molecule has 0 spiro atoms. The molecule has 0 unspecified atom stereocenters. The van der Waals surface area contributed by atoms with E-state index in [1.165, 1.54) is 5.48 Å². The van der Waals surface area contributed by atoms with Gasteiger partial charge in [-0.25, -0.2) is 18.6 Å². The molecule has 0 aliphatic rings. The summed E-state index contributed by atoms with van der Waals surface area (Å²) in [6.07, 6.45) is -0.289. The van der Waals surface area contributed by atoms with E-state index in [9.17, 15) is 18.0 Å². The fourth-order valence-corrected chi connectivity index (χ4v) is 0.939. The lowest BCUT2D eigenvalue weighted by atomic mass is 10.4. The summed E-state index contributed by atoms with van der Waals surface area (Å²) in [6.45, 7) is -0.308. The van der Waals surface area contributed by atoms with E-state index >= 15 is 0 Å². The molecule has 0 rings (SSSR count). The van der Waals surface area contributed by atoms with Crippen molar-refractivity contribution in [2.24, 2.45) is 5.73 Å². The fourth-order valence-electron chi connectivity index (χ4n) is 0.426. The van der Waals surface area contributed by atoms with Gasteiger partial charge in [0.2, 0.25) is 5.91 Å². The first-order valence-electron chi connectivity index (χ1n) is 3.12. The van der Waals surface area contributed by atoms with Gasteiger partial charge in [-0.2, -0.15) is 0 Å². The van der Waals surface area contributed by atoms with E-state index in [2.05, 4.69) is 5.73 Å². The Kier molecular flexibility index (Phi) is 4.31. The predicted octanol–water partition coefficient (Wildman–Crippen LogP) is -2.12. The molecule has 0 fully saturated rings. The van der Waals surface area contributed by atoms with Crippen molar-refractivity contribution >= 4 is 21.2 Å². The zero-order valence-electron chi connectivity index (χ0n) is 6.48. The number of hydrogen-bond acceptors (Lipinski definition) is 5. The molecule has 0 radical (unpaired) electrons. The zero-order chi connectivity index (χ0) is 10.5. The van der Waals surface area contributed by atoms with Gasteiger partial charge in [-0.15, -0.1) is 0 Å². The van der Waals surface area contributed by atoms with Crippen molar-refractivity contribution in [1.29, 1.82) is 0 Å². The van der Waals surface area contributed by atoms with Gasteiger partial charge in [0.25, 0.3) is 10.0 Å². The molecule has 0 bridgehead atoms. The minimum absolute atomic E-state index is 0.289. The minimum Gasteiger partial charge on any atom is -0.355 e.